The molecule has 0 fully saturated rings. The van der Waals surface area contributed by atoms with Crippen LogP contribution in [0.15, 0.2) is 71.2 Å². The second kappa shape index (κ2) is 7.25. The van der Waals surface area contributed by atoms with Crippen LogP contribution in [0.5, 0.6) is 0 Å². The van der Waals surface area contributed by atoms with Crippen LogP contribution in [0.3, 0.4) is 0 Å². The van der Waals surface area contributed by atoms with E-state index < -0.39 is 0 Å². The third-order valence-electron chi connectivity index (χ3n) is 4.23. The molecular weight excluding hydrogens is 404 g/mol. The van der Waals surface area contributed by atoms with Gasteiger partial charge in [-0.15, -0.1) is 0 Å². The maximum atomic E-state index is 12.4. The molecule has 0 radical (unpaired) electrons. The molecule has 0 atom stereocenters. The first kappa shape index (κ1) is 17.3. The molecule has 0 bridgehead atoms. The van der Waals surface area contributed by atoms with Crippen LogP contribution in [-0.4, -0.2) is 15.9 Å². The lowest BCUT2D eigenvalue weighted by atomic mass is 10.1. The highest BCUT2D eigenvalue weighted by atomic mass is 79.9. The molecule has 0 aliphatic carbocycles. The number of aryl methyl sites for hydroxylation is 1. The number of amides is 1. The molecule has 0 spiro atoms. The minimum absolute atomic E-state index is 0.216. The predicted molar refractivity (Wildman–Crippen MR) is 111 cm³/mol. The number of anilines is 1. The number of aromatic nitrogens is 2. The molecule has 0 aliphatic heterocycles. The molecule has 0 saturated carbocycles. The third kappa shape index (κ3) is 3.85. The van der Waals surface area contributed by atoms with E-state index in [9.17, 15) is 4.79 Å². The Balaban J connectivity index is 1.53. The molecule has 4 aromatic rings. The summed E-state index contributed by atoms with van der Waals surface area (Å²) in [5, 5.41) is 0. The van der Waals surface area contributed by atoms with Crippen LogP contribution in [0.4, 0.5) is 5.69 Å². The topological polar surface area (TPSA) is 69.8 Å². The zero-order chi connectivity index (χ0) is 18.8. The molecule has 1 amide bonds. The van der Waals surface area contributed by atoms with Crippen LogP contribution >= 0.6 is 15.9 Å². The van der Waals surface area contributed by atoms with Gasteiger partial charge in [0.1, 0.15) is 5.82 Å². The molecule has 6 heteroatoms. The van der Waals surface area contributed by atoms with Crippen molar-refractivity contribution >= 4 is 38.6 Å². The van der Waals surface area contributed by atoms with Gasteiger partial charge in [0.05, 0.1) is 16.7 Å². The fourth-order valence-corrected chi connectivity index (χ4v) is 3.00. The number of hydrogen-bond acceptors (Lipinski definition) is 3. The summed E-state index contributed by atoms with van der Waals surface area (Å²) in [6, 6.07) is 21.1. The summed E-state index contributed by atoms with van der Waals surface area (Å²) in [5.41, 5.74) is 10.8. The Hall–Kier alpha value is -3.12. The second-order valence-corrected chi connectivity index (χ2v) is 7.19. The Labute approximate surface area is 164 Å². The number of carbonyl (C=O) groups is 1. The van der Waals surface area contributed by atoms with Crippen LogP contribution in [-0.2, 0) is 0 Å². The highest BCUT2D eigenvalue weighted by Crippen LogP contribution is 2.22. The molecule has 0 saturated heterocycles. The van der Waals surface area contributed by atoms with Gasteiger partial charge in [0.15, 0.2) is 0 Å². The number of nitrogens with one attached hydrogen (secondary N) is 3. The first-order valence-corrected chi connectivity index (χ1v) is 9.26. The van der Waals surface area contributed by atoms with Crippen molar-refractivity contribution in [1.82, 2.24) is 15.4 Å². The summed E-state index contributed by atoms with van der Waals surface area (Å²) in [6.07, 6.45) is 0. The van der Waals surface area contributed by atoms with E-state index >= 15 is 0 Å². The summed E-state index contributed by atoms with van der Waals surface area (Å²) in [7, 11) is 0. The molecule has 134 valence electrons. The van der Waals surface area contributed by atoms with Gasteiger partial charge in [0, 0.05) is 15.6 Å². The molecule has 5 nitrogen and oxygen atoms in total. The molecular formula is C21H17BrN4O. The molecule has 27 heavy (non-hydrogen) atoms. The number of hydrogen-bond donors (Lipinski definition) is 3. The summed E-state index contributed by atoms with van der Waals surface area (Å²) < 4.78 is 0.980. The van der Waals surface area contributed by atoms with Gasteiger partial charge in [0.2, 0.25) is 0 Å². The van der Waals surface area contributed by atoms with Gasteiger partial charge in [-0.25, -0.2) is 4.98 Å². The first-order chi connectivity index (χ1) is 13.1. The molecule has 0 unspecified atom stereocenters. The normalized spacial score (nSPS) is 10.7. The predicted octanol–water partition coefficient (Wildman–Crippen LogP) is 5.06. The summed E-state index contributed by atoms with van der Waals surface area (Å²) in [4.78, 5) is 20.3. The number of H-pyrrole nitrogens is 1. The number of rotatable bonds is 4. The summed E-state index contributed by atoms with van der Waals surface area (Å²) in [6.45, 7) is 2.05. The third-order valence-corrected chi connectivity index (χ3v) is 4.76. The first-order valence-electron chi connectivity index (χ1n) is 8.47. The van der Waals surface area contributed by atoms with Gasteiger partial charge in [-0.1, -0.05) is 45.8 Å². The lowest BCUT2D eigenvalue weighted by Crippen LogP contribution is -2.29. The van der Waals surface area contributed by atoms with E-state index in [-0.39, 0.29) is 5.91 Å². The van der Waals surface area contributed by atoms with Gasteiger partial charge in [-0.2, -0.15) is 0 Å². The number of nitrogens with zero attached hydrogens (tertiary/aromatic N) is 1. The fraction of sp³-hybridized carbons (Fsp3) is 0.0476. The maximum absolute atomic E-state index is 12.4. The van der Waals surface area contributed by atoms with Gasteiger partial charge in [0.25, 0.3) is 5.91 Å². The Morgan fingerprint density at radius 3 is 2.48 bits per heavy atom. The van der Waals surface area contributed by atoms with Crippen molar-refractivity contribution in [2.75, 3.05) is 5.43 Å². The summed E-state index contributed by atoms with van der Waals surface area (Å²) in [5.74, 6) is 0.571. The van der Waals surface area contributed by atoms with E-state index in [0.29, 0.717) is 5.56 Å². The van der Waals surface area contributed by atoms with E-state index in [4.69, 9.17) is 0 Å². The van der Waals surface area contributed by atoms with E-state index in [1.54, 1.807) is 12.1 Å². The van der Waals surface area contributed by atoms with Gasteiger partial charge in [-0.05, 0) is 49.4 Å². The van der Waals surface area contributed by atoms with Crippen LogP contribution in [0.2, 0.25) is 0 Å². The number of benzene rings is 3. The van der Waals surface area contributed by atoms with Crippen molar-refractivity contribution in [1.29, 1.82) is 0 Å². The van der Waals surface area contributed by atoms with E-state index in [2.05, 4.69) is 55.8 Å². The van der Waals surface area contributed by atoms with E-state index in [1.165, 1.54) is 5.56 Å². The Morgan fingerprint density at radius 1 is 1.00 bits per heavy atom. The highest BCUT2D eigenvalue weighted by Gasteiger charge is 2.10. The van der Waals surface area contributed by atoms with Gasteiger partial charge >= 0.3 is 0 Å². The highest BCUT2D eigenvalue weighted by molar-refractivity contribution is 9.10. The van der Waals surface area contributed by atoms with Gasteiger partial charge < -0.3 is 4.98 Å². The molecule has 1 aromatic heterocycles. The van der Waals surface area contributed by atoms with Crippen molar-refractivity contribution in [3.8, 4) is 11.4 Å². The smallest absolute Gasteiger partial charge is 0.269 e. The molecule has 1 heterocycles. The molecule has 3 aromatic carbocycles. The lowest BCUT2D eigenvalue weighted by Gasteiger charge is -2.08. The Bertz CT molecular complexity index is 1100. The van der Waals surface area contributed by atoms with Crippen molar-refractivity contribution < 1.29 is 4.79 Å². The number of halogens is 1. The number of hydrazine groups is 1. The quantitative estimate of drug-likeness (QED) is 0.404. The van der Waals surface area contributed by atoms with E-state index in [1.807, 2.05) is 42.5 Å². The second-order valence-electron chi connectivity index (χ2n) is 6.27. The zero-order valence-corrected chi connectivity index (χ0v) is 16.2. The largest absolute Gasteiger partial charge is 0.338 e. The van der Waals surface area contributed by atoms with E-state index in [0.717, 1.165) is 32.6 Å². The average Bonchev–Trinajstić information content (AvgIpc) is 3.11. The standard InChI is InChI=1S/C21H17BrN4O/c1-13-2-4-14(5-3-13)20-23-18-11-6-15(12-19(18)24-20)21(27)26-25-17-9-7-16(22)8-10-17/h2-12,25H,1H3,(H,23,24)(H,26,27). The van der Waals surface area contributed by atoms with Crippen molar-refractivity contribution in [3.63, 3.8) is 0 Å². The number of imidazole rings is 1. The monoisotopic (exact) mass is 420 g/mol. The Kier molecular flexibility index (Phi) is 4.64. The van der Waals surface area contributed by atoms with Crippen LogP contribution in [0.25, 0.3) is 22.4 Å². The van der Waals surface area contributed by atoms with Crippen molar-refractivity contribution in [3.05, 3.63) is 82.3 Å². The minimum Gasteiger partial charge on any atom is -0.338 e. The summed E-state index contributed by atoms with van der Waals surface area (Å²) >= 11 is 3.38. The fourth-order valence-electron chi connectivity index (χ4n) is 2.73. The van der Waals surface area contributed by atoms with Crippen molar-refractivity contribution in [2.45, 2.75) is 6.92 Å². The minimum atomic E-state index is -0.216. The maximum Gasteiger partial charge on any atom is 0.269 e. The van der Waals surface area contributed by atoms with Gasteiger partial charge in [-0.3, -0.25) is 15.6 Å². The van der Waals surface area contributed by atoms with Crippen LogP contribution in [0, 0.1) is 6.92 Å². The number of aromatic amines is 1. The number of fused-ring (bicyclic) bond motifs is 1. The van der Waals surface area contributed by atoms with Crippen LogP contribution < -0.4 is 10.9 Å². The molecule has 3 N–H and O–H groups in total. The average molecular weight is 421 g/mol. The SMILES string of the molecule is Cc1ccc(-c2nc3ccc(C(=O)NNc4ccc(Br)cc4)cc3[nH]2)cc1. The zero-order valence-electron chi connectivity index (χ0n) is 14.6. The van der Waals surface area contributed by atoms with Crippen molar-refractivity contribution in [2.24, 2.45) is 0 Å². The Morgan fingerprint density at radius 2 is 1.74 bits per heavy atom. The van der Waals surface area contributed by atoms with Crippen LogP contribution in [0.1, 0.15) is 15.9 Å². The molecule has 0 aliphatic rings. The lowest BCUT2D eigenvalue weighted by molar-refractivity contribution is 0.0963. The molecule has 4 rings (SSSR count). The number of carbonyl (C=O) groups excluding carboxylic acids is 1.